The number of unbranched alkanes of at least 4 members (excludes halogenated alkanes) is 1. The van der Waals surface area contributed by atoms with Crippen LogP contribution in [0.2, 0.25) is 65.5 Å². The molecule has 3 aromatic heterocycles. The first-order valence-electron chi connectivity index (χ1n) is 32.5. The quantitative estimate of drug-likeness (QED) is 0.0128. The van der Waals surface area contributed by atoms with Gasteiger partial charge in [0, 0.05) is 80.5 Å². The van der Waals surface area contributed by atoms with Crippen molar-refractivity contribution in [3.05, 3.63) is 153 Å². The smallest absolute Gasteiger partial charge is 0.337 e. The average Bonchev–Trinajstić information content (AvgIpc) is 1.64. The molecule has 5 atom stereocenters. The van der Waals surface area contributed by atoms with E-state index in [1.54, 1.807) is 0 Å². The van der Waals surface area contributed by atoms with E-state index in [0.29, 0.717) is 102 Å². The maximum atomic E-state index is 14.7. The van der Waals surface area contributed by atoms with Gasteiger partial charge in [0.15, 0.2) is 12.1 Å². The average molecular weight is 1400 g/mol. The van der Waals surface area contributed by atoms with Crippen molar-refractivity contribution in [2.45, 2.75) is 128 Å². The van der Waals surface area contributed by atoms with Gasteiger partial charge in [0.05, 0.1) is 83.6 Å². The summed E-state index contributed by atoms with van der Waals surface area (Å²) in [7, 11) is -2.66. The van der Waals surface area contributed by atoms with Crippen molar-refractivity contribution >= 4 is 126 Å². The molecule has 4 aromatic carbocycles. The Balaban J connectivity index is 0.00000361. The zero-order valence-electron chi connectivity index (χ0n) is 57.1. The van der Waals surface area contributed by atoms with Gasteiger partial charge in [-0.3, -0.25) is 4.79 Å². The topological polar surface area (TPSA) is 287 Å². The van der Waals surface area contributed by atoms with E-state index in [1.807, 2.05) is 97.1 Å². The summed E-state index contributed by atoms with van der Waals surface area (Å²) in [4.78, 5) is 74.8. The third kappa shape index (κ3) is 16.9. The molecule has 0 aliphatic carbocycles. The molecule has 3 aliphatic heterocycles. The summed E-state index contributed by atoms with van der Waals surface area (Å²) in [6, 6.07) is 33.5. The third-order valence-corrected chi connectivity index (χ3v) is 23.9. The second-order valence-electron chi connectivity index (χ2n) is 27.6. The van der Waals surface area contributed by atoms with Gasteiger partial charge in [-0.05, 0) is 155 Å². The van der Waals surface area contributed by atoms with Crippen LogP contribution in [-0.2, 0) is 47.3 Å². The molecule has 10 rings (SSSR count). The third-order valence-electron chi connectivity index (χ3n) is 17.3. The molecule has 0 amide bonds. The number of esters is 3. The van der Waals surface area contributed by atoms with Crippen molar-refractivity contribution in [1.82, 2.24) is 19.9 Å². The molecular weight excluding hydrogens is 1320 g/mol. The number of hydrogen-bond donors (Lipinski definition) is 6. The Morgan fingerprint density at radius 1 is 0.515 bits per heavy atom. The fourth-order valence-corrected chi connectivity index (χ4v) is 17.2. The molecular formula is C73H86N4O15SSi4. The summed E-state index contributed by atoms with van der Waals surface area (Å²) in [5.74, 6) is -1.51. The van der Waals surface area contributed by atoms with E-state index < -0.39 is 101 Å². The molecule has 1 unspecified atom stereocenters. The summed E-state index contributed by atoms with van der Waals surface area (Å²) in [6.45, 7) is 22.0. The molecule has 8 bridgehead atoms. The van der Waals surface area contributed by atoms with Crippen molar-refractivity contribution in [1.29, 1.82) is 0 Å². The largest absolute Gasteiger partial charge is 0.465 e. The van der Waals surface area contributed by atoms with Crippen LogP contribution in [0.15, 0.2) is 97.1 Å². The summed E-state index contributed by atoms with van der Waals surface area (Å²) < 4.78 is 44.1. The van der Waals surface area contributed by atoms with Crippen LogP contribution in [0.25, 0.3) is 90.9 Å². The highest BCUT2D eigenvalue weighted by molar-refractivity contribution is 7.51. The first-order chi connectivity index (χ1) is 46.1. The number of fused-ring (bicyclic) bond motifs is 8. The Labute approximate surface area is 573 Å². The SMILES string of the molecule is COC(=O)c1cc(C[SiH](C)C)cc(-c2c3nc(c(-c4cc(C[SiH](C)C)cc(C(=O)CCCCOC5O[C@H](CO)[C@@H](O)[C@H](O)[C@H]5O)c4)c4ccc([nH]4)c(-c4cc(C(=O)OC)cc([Si](C)(C)C)c4)c4nc(c(-c5cc(C(=O)OC)cc([Si](C)(C)C)c5)c5ccc2[nH]5)C=C4)C=C3)c1.O=S=O. The minimum absolute atomic E-state index is 0.0751. The maximum Gasteiger partial charge on any atom is 0.337 e. The molecule has 0 spiro atoms. The standard InChI is InChI=1S/C73H86N4O13Si4.O2S/c1-86-70(83)48-29-42(40-92(6)7)28-45(31-48)64-55-18-17-53(74-55)63(44-27-41(39-91(4)5)26-43(30-44)61(79)16-14-15-25-89-73-69(82)68(81)67(80)62(38-78)90-73)54-19-21-57(75-54)65(46-32-49(71(84)87-2)36-51(34-46)93(8,9)10)59-23-24-60(77-59)66(58-22-20-56(64)76-58)47-33-50(72(85)88-3)37-52(35-47)94(11,12)13;1-3-2/h17-24,26-37,62,67-69,73,75-76,78,80-82,91-92H,14-16,25,38-40H2,1-13H3;/t62-,67-,68+,69-,73?;/m1./s1. The normalized spacial score (nSPS) is 16.8. The van der Waals surface area contributed by atoms with E-state index in [1.165, 1.54) is 21.3 Å². The minimum atomic E-state index is -2.14. The van der Waals surface area contributed by atoms with Crippen LogP contribution in [0.3, 0.4) is 0 Å². The second-order valence-corrected chi connectivity index (χ2v) is 44.3. The summed E-state index contributed by atoms with van der Waals surface area (Å²) >= 11 is -0.750. The lowest BCUT2D eigenvalue weighted by Gasteiger charge is -2.39. The Morgan fingerprint density at radius 3 is 1.24 bits per heavy atom. The Morgan fingerprint density at radius 2 is 0.876 bits per heavy atom. The number of aliphatic hydroxyl groups is 4. The molecule has 510 valence electrons. The number of nitrogens with zero attached hydrogens (tertiary/aromatic N) is 2. The molecule has 1 saturated heterocycles. The highest BCUT2D eigenvalue weighted by atomic mass is 32.1. The van der Waals surface area contributed by atoms with E-state index >= 15 is 0 Å². The summed E-state index contributed by atoms with van der Waals surface area (Å²) in [6.07, 6.45) is 1.92. The lowest BCUT2D eigenvalue weighted by Crippen LogP contribution is -2.59. The summed E-state index contributed by atoms with van der Waals surface area (Å²) in [5, 5.41) is 43.0. The van der Waals surface area contributed by atoms with Gasteiger partial charge in [0.25, 0.3) is 0 Å². The zero-order chi connectivity index (χ0) is 70.4. The first kappa shape index (κ1) is 73.3. The zero-order valence-corrected chi connectivity index (χ0v) is 62.2. The fourth-order valence-electron chi connectivity index (χ4n) is 12.5. The van der Waals surface area contributed by atoms with Crippen molar-refractivity contribution in [3.8, 4) is 44.5 Å². The number of rotatable bonds is 21. The van der Waals surface area contributed by atoms with Crippen LogP contribution < -0.4 is 10.4 Å². The highest BCUT2D eigenvalue weighted by Gasteiger charge is 2.44. The highest BCUT2D eigenvalue weighted by Crippen LogP contribution is 2.41. The fraction of sp³-hybridized carbons (Fsp3) is 0.342. The molecule has 0 saturated carbocycles. The van der Waals surface area contributed by atoms with Crippen LogP contribution >= 0.6 is 0 Å². The Kier molecular flexibility index (Phi) is 23.6. The lowest BCUT2D eigenvalue weighted by molar-refractivity contribution is -0.301. The Hall–Kier alpha value is -7.99. The van der Waals surface area contributed by atoms with E-state index in [2.05, 4.69) is 99.7 Å². The number of ketones is 1. The van der Waals surface area contributed by atoms with Crippen LogP contribution in [0.5, 0.6) is 0 Å². The van der Waals surface area contributed by atoms with Crippen LogP contribution in [0.4, 0.5) is 0 Å². The number of aromatic nitrogens is 4. The van der Waals surface area contributed by atoms with Gasteiger partial charge in [-0.1, -0.05) is 100 Å². The van der Waals surface area contributed by atoms with Crippen molar-refractivity contribution < 1.29 is 71.7 Å². The Bertz CT molecular complexity index is 4450. The number of aliphatic hydroxyl groups excluding tert-OH is 4. The number of Topliss-reactive ketones (excluding diaryl/α,β-unsaturated/α-hetero) is 1. The van der Waals surface area contributed by atoms with Gasteiger partial charge in [-0.15, -0.1) is 0 Å². The number of carbonyl (C=O) groups is 4. The number of benzene rings is 4. The van der Waals surface area contributed by atoms with Crippen LogP contribution in [-0.4, -0.2) is 171 Å². The molecule has 3 aliphatic rings. The van der Waals surface area contributed by atoms with Gasteiger partial charge in [-0.2, -0.15) is 8.42 Å². The van der Waals surface area contributed by atoms with Crippen molar-refractivity contribution in [2.24, 2.45) is 0 Å². The van der Waals surface area contributed by atoms with E-state index in [9.17, 15) is 39.6 Å². The van der Waals surface area contributed by atoms with Gasteiger partial charge in [0.1, 0.15) is 24.4 Å². The summed E-state index contributed by atoms with van der Waals surface area (Å²) in [5.41, 5.74) is 14.6. The second kappa shape index (κ2) is 31.3. The molecule has 6 N–H and O–H groups in total. The van der Waals surface area contributed by atoms with Gasteiger partial charge < -0.3 is 54.1 Å². The first-order valence-corrected chi connectivity index (χ1v) is 46.4. The van der Waals surface area contributed by atoms with Crippen molar-refractivity contribution in [2.75, 3.05) is 34.5 Å². The number of H-pyrrole nitrogens is 2. The molecule has 24 heteroatoms. The molecule has 6 heterocycles. The molecule has 19 nitrogen and oxygen atoms in total. The minimum Gasteiger partial charge on any atom is -0.465 e. The van der Waals surface area contributed by atoms with Gasteiger partial charge >= 0.3 is 29.5 Å². The lowest BCUT2D eigenvalue weighted by atomic mass is 9.95. The van der Waals surface area contributed by atoms with Crippen molar-refractivity contribution in [3.63, 3.8) is 0 Å². The predicted octanol–water partition coefficient (Wildman–Crippen LogP) is 10.4. The number of hydrogen-bond acceptors (Lipinski definition) is 17. The monoisotopic (exact) mass is 1400 g/mol. The van der Waals surface area contributed by atoms with E-state index in [4.69, 9.17) is 42.1 Å². The number of ether oxygens (including phenoxy) is 5. The van der Waals surface area contributed by atoms with Gasteiger partial charge in [0.2, 0.25) is 0 Å². The van der Waals surface area contributed by atoms with E-state index in [-0.39, 0.29) is 18.8 Å². The molecule has 1 fully saturated rings. The number of aromatic amines is 2. The van der Waals surface area contributed by atoms with Crippen LogP contribution in [0, 0.1) is 0 Å². The number of nitrogens with one attached hydrogen (secondary N) is 2. The molecule has 0 radical (unpaired) electrons. The van der Waals surface area contributed by atoms with E-state index in [0.717, 1.165) is 55.8 Å². The predicted molar refractivity (Wildman–Crippen MR) is 393 cm³/mol. The molecule has 97 heavy (non-hydrogen) atoms. The van der Waals surface area contributed by atoms with Gasteiger partial charge in [-0.25, -0.2) is 24.4 Å². The number of carbonyl (C=O) groups excluding carboxylic acids is 4. The maximum absolute atomic E-state index is 14.7. The number of methoxy groups -OCH3 is 3. The molecule has 7 aromatic rings. The van der Waals surface area contributed by atoms with Crippen LogP contribution in [0.1, 0.15) is 94.6 Å².